The summed E-state index contributed by atoms with van der Waals surface area (Å²) in [7, 11) is 0. The van der Waals surface area contributed by atoms with Gasteiger partial charge in [-0.3, -0.25) is 14.6 Å². The van der Waals surface area contributed by atoms with Crippen LogP contribution < -0.4 is 0 Å². The van der Waals surface area contributed by atoms with Crippen LogP contribution in [0.5, 0.6) is 0 Å². The standard InChI is InChI=1S/C17H16N2O3/c20-15(19-10-8-14(11-19)17(21)22)7-6-13-4-1-3-12-5-2-9-18-16(12)13/h1-7,9,14H,8,10-11H2,(H,21,22)/b7-6+. The van der Waals surface area contributed by atoms with Gasteiger partial charge >= 0.3 is 5.97 Å². The summed E-state index contributed by atoms with van der Waals surface area (Å²) in [6.07, 6.45) is 5.48. The number of aliphatic carboxylic acids is 1. The van der Waals surface area contributed by atoms with Crippen molar-refractivity contribution in [1.29, 1.82) is 0 Å². The van der Waals surface area contributed by atoms with E-state index in [1.807, 2.05) is 30.3 Å². The number of pyridine rings is 1. The smallest absolute Gasteiger partial charge is 0.308 e. The van der Waals surface area contributed by atoms with Crippen LogP contribution in [-0.4, -0.2) is 40.0 Å². The van der Waals surface area contributed by atoms with E-state index < -0.39 is 11.9 Å². The highest BCUT2D eigenvalue weighted by Gasteiger charge is 2.29. The Kier molecular flexibility index (Phi) is 3.87. The molecule has 1 unspecified atom stereocenters. The number of rotatable bonds is 3. The largest absolute Gasteiger partial charge is 0.481 e. The second kappa shape index (κ2) is 5.97. The van der Waals surface area contributed by atoms with Crippen LogP contribution in [0.3, 0.4) is 0 Å². The summed E-state index contributed by atoms with van der Waals surface area (Å²) < 4.78 is 0. The zero-order chi connectivity index (χ0) is 15.5. The molecule has 0 bridgehead atoms. The first-order chi connectivity index (χ1) is 10.6. The lowest BCUT2D eigenvalue weighted by molar-refractivity contribution is -0.141. The maximum Gasteiger partial charge on any atom is 0.308 e. The second-order valence-electron chi connectivity index (χ2n) is 5.36. The summed E-state index contributed by atoms with van der Waals surface area (Å²) in [5.74, 6) is -1.44. The molecule has 1 saturated heterocycles. The molecule has 1 fully saturated rings. The summed E-state index contributed by atoms with van der Waals surface area (Å²) >= 11 is 0. The van der Waals surface area contributed by atoms with E-state index in [1.165, 1.54) is 6.08 Å². The van der Waals surface area contributed by atoms with Crippen molar-refractivity contribution in [1.82, 2.24) is 9.88 Å². The topological polar surface area (TPSA) is 70.5 Å². The van der Waals surface area contributed by atoms with Gasteiger partial charge in [0.15, 0.2) is 0 Å². The fourth-order valence-electron chi connectivity index (χ4n) is 2.69. The molecule has 2 heterocycles. The third-order valence-electron chi connectivity index (χ3n) is 3.92. The van der Waals surface area contributed by atoms with Gasteiger partial charge in [0.05, 0.1) is 11.4 Å². The number of hydrogen-bond donors (Lipinski definition) is 1. The molecule has 1 aliphatic rings. The molecule has 0 aliphatic carbocycles. The number of fused-ring (bicyclic) bond motifs is 1. The molecule has 22 heavy (non-hydrogen) atoms. The van der Waals surface area contributed by atoms with Crippen molar-refractivity contribution >= 4 is 28.9 Å². The number of carbonyl (C=O) groups excluding carboxylic acids is 1. The molecule has 0 radical (unpaired) electrons. The zero-order valence-corrected chi connectivity index (χ0v) is 12.0. The van der Waals surface area contributed by atoms with E-state index in [0.717, 1.165) is 16.5 Å². The van der Waals surface area contributed by atoms with Crippen LogP contribution in [-0.2, 0) is 9.59 Å². The third kappa shape index (κ3) is 2.83. The minimum Gasteiger partial charge on any atom is -0.481 e. The summed E-state index contributed by atoms with van der Waals surface area (Å²) in [5.41, 5.74) is 1.72. The molecule has 0 spiro atoms. The molecule has 112 valence electrons. The predicted octanol–water partition coefficient (Wildman–Crippen LogP) is 2.18. The van der Waals surface area contributed by atoms with Gasteiger partial charge in [0.1, 0.15) is 0 Å². The Labute approximate surface area is 127 Å². The summed E-state index contributed by atoms with van der Waals surface area (Å²) in [4.78, 5) is 29.0. The van der Waals surface area contributed by atoms with Crippen LogP contribution in [0.15, 0.2) is 42.6 Å². The molecule has 1 amide bonds. The first-order valence-electron chi connectivity index (χ1n) is 7.18. The number of carbonyl (C=O) groups is 2. The normalized spacial score (nSPS) is 18.2. The van der Waals surface area contributed by atoms with Gasteiger partial charge in [-0.15, -0.1) is 0 Å². The number of amides is 1. The molecule has 5 heteroatoms. The highest BCUT2D eigenvalue weighted by atomic mass is 16.4. The van der Waals surface area contributed by atoms with Gasteiger partial charge in [-0.1, -0.05) is 24.3 Å². The molecule has 1 aliphatic heterocycles. The highest BCUT2D eigenvalue weighted by Crippen LogP contribution is 2.19. The van der Waals surface area contributed by atoms with Crippen LogP contribution in [0, 0.1) is 5.92 Å². The van der Waals surface area contributed by atoms with Crippen LogP contribution >= 0.6 is 0 Å². The lowest BCUT2D eigenvalue weighted by atomic mass is 10.1. The van der Waals surface area contributed by atoms with E-state index >= 15 is 0 Å². The van der Waals surface area contributed by atoms with Crippen LogP contribution in [0.2, 0.25) is 0 Å². The number of benzene rings is 1. The number of likely N-dealkylation sites (tertiary alicyclic amines) is 1. The quantitative estimate of drug-likeness (QED) is 0.881. The number of aromatic nitrogens is 1. The maximum atomic E-state index is 12.1. The number of nitrogens with zero attached hydrogens (tertiary/aromatic N) is 2. The zero-order valence-electron chi connectivity index (χ0n) is 12.0. The minimum absolute atomic E-state index is 0.156. The van der Waals surface area contributed by atoms with Crippen LogP contribution in [0.4, 0.5) is 0 Å². The SMILES string of the molecule is O=C(O)C1CCN(C(=O)/C=C/c2cccc3cccnc23)C1. The fraction of sp³-hybridized carbons (Fsp3) is 0.235. The third-order valence-corrected chi connectivity index (χ3v) is 3.92. The molecule has 2 aromatic rings. The van der Waals surface area contributed by atoms with Crippen molar-refractivity contribution < 1.29 is 14.7 Å². The van der Waals surface area contributed by atoms with E-state index in [0.29, 0.717) is 13.0 Å². The van der Waals surface area contributed by atoms with Crippen molar-refractivity contribution in [2.45, 2.75) is 6.42 Å². The van der Waals surface area contributed by atoms with Crippen LogP contribution in [0.1, 0.15) is 12.0 Å². The molecule has 1 N–H and O–H groups in total. The molecular weight excluding hydrogens is 280 g/mol. The van der Waals surface area contributed by atoms with Gasteiger partial charge < -0.3 is 10.0 Å². The molecule has 1 aromatic heterocycles. The van der Waals surface area contributed by atoms with E-state index in [1.54, 1.807) is 17.2 Å². The molecule has 5 nitrogen and oxygen atoms in total. The number of para-hydroxylation sites is 1. The molecule has 1 atom stereocenters. The first-order valence-corrected chi connectivity index (χ1v) is 7.18. The first kappa shape index (κ1) is 14.3. The van der Waals surface area contributed by atoms with Crippen molar-refractivity contribution in [2.24, 2.45) is 5.92 Å². The van der Waals surface area contributed by atoms with Gasteiger partial charge in [0, 0.05) is 36.3 Å². The monoisotopic (exact) mass is 296 g/mol. The average Bonchev–Trinajstić information content (AvgIpc) is 3.03. The van der Waals surface area contributed by atoms with Crippen molar-refractivity contribution in [3.05, 3.63) is 48.2 Å². The Morgan fingerprint density at radius 1 is 1.27 bits per heavy atom. The average molecular weight is 296 g/mol. The lowest BCUT2D eigenvalue weighted by Crippen LogP contribution is -2.28. The number of carboxylic acids is 1. The molecule has 3 rings (SSSR count). The van der Waals surface area contributed by atoms with E-state index in [2.05, 4.69) is 4.98 Å². The van der Waals surface area contributed by atoms with Gasteiger partial charge in [-0.25, -0.2) is 0 Å². The fourth-order valence-corrected chi connectivity index (χ4v) is 2.69. The Morgan fingerprint density at radius 2 is 2.09 bits per heavy atom. The minimum atomic E-state index is -0.836. The molecule has 0 saturated carbocycles. The van der Waals surface area contributed by atoms with Gasteiger partial charge in [-0.05, 0) is 18.6 Å². The Hall–Kier alpha value is -2.69. The van der Waals surface area contributed by atoms with Gasteiger partial charge in [-0.2, -0.15) is 0 Å². The summed E-state index contributed by atoms with van der Waals surface area (Å²) in [6, 6.07) is 9.64. The number of carboxylic acid groups (broad SMARTS) is 1. The van der Waals surface area contributed by atoms with Gasteiger partial charge in [0.2, 0.25) is 5.91 Å². The second-order valence-corrected chi connectivity index (χ2v) is 5.36. The van der Waals surface area contributed by atoms with Crippen molar-refractivity contribution in [2.75, 3.05) is 13.1 Å². The van der Waals surface area contributed by atoms with E-state index in [9.17, 15) is 9.59 Å². The van der Waals surface area contributed by atoms with Crippen molar-refractivity contribution in [3.63, 3.8) is 0 Å². The highest BCUT2D eigenvalue weighted by molar-refractivity contribution is 5.95. The maximum absolute atomic E-state index is 12.1. The van der Waals surface area contributed by atoms with Crippen LogP contribution in [0.25, 0.3) is 17.0 Å². The molecular formula is C17H16N2O3. The predicted molar refractivity (Wildman–Crippen MR) is 83.1 cm³/mol. The Bertz CT molecular complexity index is 749. The van der Waals surface area contributed by atoms with E-state index in [4.69, 9.17) is 5.11 Å². The van der Waals surface area contributed by atoms with E-state index in [-0.39, 0.29) is 12.5 Å². The van der Waals surface area contributed by atoms with Gasteiger partial charge in [0.25, 0.3) is 0 Å². The summed E-state index contributed by atoms with van der Waals surface area (Å²) in [5, 5.41) is 9.99. The molecule has 1 aromatic carbocycles. The summed E-state index contributed by atoms with van der Waals surface area (Å²) in [6.45, 7) is 0.778. The Morgan fingerprint density at radius 3 is 2.86 bits per heavy atom. The number of hydrogen-bond acceptors (Lipinski definition) is 3. The Balaban J connectivity index is 1.76. The van der Waals surface area contributed by atoms with Crippen molar-refractivity contribution in [3.8, 4) is 0 Å². The lowest BCUT2D eigenvalue weighted by Gasteiger charge is -2.12.